The van der Waals surface area contributed by atoms with Gasteiger partial charge >= 0.3 is 5.97 Å². The van der Waals surface area contributed by atoms with Gasteiger partial charge in [-0.15, -0.1) is 0 Å². The fourth-order valence-corrected chi connectivity index (χ4v) is 3.56. The molecule has 19 heavy (non-hydrogen) atoms. The Morgan fingerprint density at radius 3 is 2.37 bits per heavy atom. The van der Waals surface area contributed by atoms with Crippen LogP contribution in [0.5, 0.6) is 0 Å². The number of hydrogen-bond donors (Lipinski definition) is 1. The van der Waals surface area contributed by atoms with Crippen molar-refractivity contribution in [3.05, 3.63) is 0 Å². The van der Waals surface area contributed by atoms with Gasteiger partial charge in [0.2, 0.25) is 0 Å². The van der Waals surface area contributed by atoms with E-state index in [-0.39, 0.29) is 6.04 Å². The Hall–Kier alpha value is -0.610. The molecule has 0 radical (unpaired) electrons. The predicted octanol–water partition coefficient (Wildman–Crippen LogP) is 2.05. The first kappa shape index (κ1) is 14.8. The van der Waals surface area contributed by atoms with Crippen LogP contribution in [0, 0.1) is 5.92 Å². The molecule has 0 spiro atoms. The SMILES string of the molecule is CCC(CC(=O)O)N1CCC(CN2CCCC2)CC1. The molecule has 110 valence electrons. The molecule has 1 unspecified atom stereocenters. The summed E-state index contributed by atoms with van der Waals surface area (Å²) in [6, 6.07) is 0.241. The summed E-state index contributed by atoms with van der Waals surface area (Å²) < 4.78 is 0. The molecule has 0 aliphatic carbocycles. The predicted molar refractivity (Wildman–Crippen MR) is 76.3 cm³/mol. The van der Waals surface area contributed by atoms with Crippen molar-refractivity contribution in [3.8, 4) is 0 Å². The van der Waals surface area contributed by atoms with E-state index in [1.54, 1.807) is 0 Å². The van der Waals surface area contributed by atoms with Crippen LogP contribution in [0.15, 0.2) is 0 Å². The van der Waals surface area contributed by atoms with E-state index in [1.807, 2.05) is 0 Å². The summed E-state index contributed by atoms with van der Waals surface area (Å²) in [7, 11) is 0. The largest absolute Gasteiger partial charge is 0.481 e. The lowest BCUT2D eigenvalue weighted by Gasteiger charge is -2.37. The van der Waals surface area contributed by atoms with E-state index < -0.39 is 5.97 Å². The molecular weight excluding hydrogens is 240 g/mol. The standard InChI is InChI=1S/C15H28N2O2/c1-2-14(11-15(18)19)17-9-5-13(6-10-17)12-16-7-3-4-8-16/h13-14H,2-12H2,1H3,(H,18,19). The Bertz CT molecular complexity index is 282. The van der Waals surface area contributed by atoms with Crippen molar-refractivity contribution in [2.75, 3.05) is 32.7 Å². The molecule has 2 rings (SSSR count). The molecule has 0 saturated carbocycles. The van der Waals surface area contributed by atoms with E-state index in [9.17, 15) is 4.79 Å². The number of rotatable bonds is 6. The average molecular weight is 268 g/mol. The highest BCUT2D eigenvalue weighted by atomic mass is 16.4. The van der Waals surface area contributed by atoms with Gasteiger partial charge < -0.3 is 10.0 Å². The number of aliphatic carboxylic acids is 1. The second-order valence-corrected chi connectivity index (χ2v) is 6.15. The van der Waals surface area contributed by atoms with E-state index >= 15 is 0 Å². The number of carbonyl (C=O) groups is 1. The maximum atomic E-state index is 10.9. The van der Waals surface area contributed by atoms with Gasteiger partial charge in [0, 0.05) is 12.6 Å². The van der Waals surface area contributed by atoms with Gasteiger partial charge in [-0.1, -0.05) is 6.92 Å². The second-order valence-electron chi connectivity index (χ2n) is 6.15. The van der Waals surface area contributed by atoms with Gasteiger partial charge in [0.15, 0.2) is 0 Å². The third-order valence-electron chi connectivity index (χ3n) is 4.76. The Labute approximate surface area is 116 Å². The molecule has 2 aliphatic heterocycles. The fraction of sp³-hybridized carbons (Fsp3) is 0.933. The summed E-state index contributed by atoms with van der Waals surface area (Å²) >= 11 is 0. The van der Waals surface area contributed by atoms with Crippen LogP contribution in [0.3, 0.4) is 0 Å². The molecule has 4 heteroatoms. The quantitative estimate of drug-likeness (QED) is 0.800. The molecular formula is C15H28N2O2. The first-order valence-electron chi connectivity index (χ1n) is 7.87. The van der Waals surface area contributed by atoms with Crippen molar-refractivity contribution >= 4 is 5.97 Å². The highest BCUT2D eigenvalue weighted by Gasteiger charge is 2.27. The molecule has 0 aromatic rings. The maximum Gasteiger partial charge on any atom is 0.304 e. The van der Waals surface area contributed by atoms with Gasteiger partial charge in [-0.05, 0) is 64.2 Å². The van der Waals surface area contributed by atoms with E-state index in [0.29, 0.717) is 6.42 Å². The van der Waals surface area contributed by atoms with Gasteiger partial charge in [-0.25, -0.2) is 0 Å². The summed E-state index contributed by atoms with van der Waals surface area (Å²) in [5, 5.41) is 8.95. The van der Waals surface area contributed by atoms with Gasteiger partial charge in [0.25, 0.3) is 0 Å². The van der Waals surface area contributed by atoms with Crippen LogP contribution in [0.25, 0.3) is 0 Å². The van der Waals surface area contributed by atoms with Crippen LogP contribution in [-0.2, 0) is 4.79 Å². The van der Waals surface area contributed by atoms with Gasteiger partial charge in [-0.2, -0.15) is 0 Å². The third-order valence-corrected chi connectivity index (χ3v) is 4.76. The molecule has 0 aromatic carbocycles. The number of carboxylic acid groups (broad SMARTS) is 1. The van der Waals surface area contributed by atoms with Gasteiger partial charge in [0.1, 0.15) is 0 Å². The van der Waals surface area contributed by atoms with Crippen molar-refractivity contribution in [1.82, 2.24) is 9.80 Å². The van der Waals surface area contributed by atoms with E-state index in [0.717, 1.165) is 25.4 Å². The van der Waals surface area contributed by atoms with E-state index in [1.165, 1.54) is 45.3 Å². The molecule has 0 amide bonds. The lowest BCUT2D eigenvalue weighted by Crippen LogP contribution is -2.44. The minimum atomic E-state index is -0.661. The Kier molecular flexibility index (Phi) is 5.64. The number of hydrogen-bond acceptors (Lipinski definition) is 3. The van der Waals surface area contributed by atoms with Crippen molar-refractivity contribution < 1.29 is 9.90 Å². The molecule has 2 saturated heterocycles. The Morgan fingerprint density at radius 1 is 1.21 bits per heavy atom. The first-order chi connectivity index (χ1) is 9.19. The van der Waals surface area contributed by atoms with Crippen LogP contribution in [0.2, 0.25) is 0 Å². The summed E-state index contributed by atoms with van der Waals surface area (Å²) in [5.41, 5.74) is 0. The van der Waals surface area contributed by atoms with Crippen molar-refractivity contribution in [2.24, 2.45) is 5.92 Å². The van der Waals surface area contributed by atoms with Crippen molar-refractivity contribution in [1.29, 1.82) is 0 Å². The van der Waals surface area contributed by atoms with E-state index in [4.69, 9.17) is 5.11 Å². The number of carboxylic acids is 1. The van der Waals surface area contributed by atoms with Crippen LogP contribution < -0.4 is 0 Å². The zero-order valence-electron chi connectivity index (χ0n) is 12.2. The second kappa shape index (κ2) is 7.25. The van der Waals surface area contributed by atoms with Gasteiger partial charge in [-0.3, -0.25) is 9.69 Å². The third kappa shape index (κ3) is 4.46. The van der Waals surface area contributed by atoms with Crippen LogP contribution in [0.4, 0.5) is 0 Å². The summed E-state index contributed by atoms with van der Waals surface area (Å²) in [6.07, 6.45) is 6.47. The van der Waals surface area contributed by atoms with Crippen molar-refractivity contribution in [2.45, 2.75) is 51.5 Å². The molecule has 1 N–H and O–H groups in total. The molecule has 1 atom stereocenters. The minimum absolute atomic E-state index is 0.241. The van der Waals surface area contributed by atoms with Crippen LogP contribution in [0.1, 0.15) is 45.4 Å². The highest BCUT2D eigenvalue weighted by Crippen LogP contribution is 2.23. The zero-order valence-corrected chi connectivity index (χ0v) is 12.2. The molecule has 4 nitrogen and oxygen atoms in total. The normalized spacial score (nSPS) is 24.7. The summed E-state index contributed by atoms with van der Waals surface area (Å²) in [5.74, 6) is 0.169. The fourth-order valence-electron chi connectivity index (χ4n) is 3.56. The Balaban J connectivity index is 1.72. The number of likely N-dealkylation sites (tertiary alicyclic amines) is 2. The zero-order chi connectivity index (χ0) is 13.7. The lowest BCUT2D eigenvalue weighted by molar-refractivity contribution is -0.138. The van der Waals surface area contributed by atoms with Crippen LogP contribution in [-0.4, -0.2) is 59.6 Å². The molecule has 0 aromatic heterocycles. The molecule has 2 heterocycles. The first-order valence-corrected chi connectivity index (χ1v) is 7.87. The molecule has 2 aliphatic rings. The monoisotopic (exact) mass is 268 g/mol. The highest BCUT2D eigenvalue weighted by molar-refractivity contribution is 5.67. The minimum Gasteiger partial charge on any atom is -0.481 e. The van der Waals surface area contributed by atoms with Crippen LogP contribution >= 0.6 is 0 Å². The Morgan fingerprint density at radius 2 is 1.84 bits per heavy atom. The van der Waals surface area contributed by atoms with E-state index in [2.05, 4.69) is 16.7 Å². The lowest BCUT2D eigenvalue weighted by atomic mass is 9.94. The van der Waals surface area contributed by atoms with Gasteiger partial charge in [0.05, 0.1) is 6.42 Å². The smallest absolute Gasteiger partial charge is 0.304 e. The summed E-state index contributed by atoms with van der Waals surface area (Å²) in [6.45, 7) is 8.12. The maximum absolute atomic E-state index is 10.9. The molecule has 0 bridgehead atoms. The average Bonchev–Trinajstić information content (AvgIpc) is 2.90. The number of piperidine rings is 1. The van der Waals surface area contributed by atoms with Crippen molar-refractivity contribution in [3.63, 3.8) is 0 Å². The summed E-state index contributed by atoms with van der Waals surface area (Å²) in [4.78, 5) is 15.9. The number of nitrogens with zero attached hydrogens (tertiary/aromatic N) is 2. The topological polar surface area (TPSA) is 43.8 Å². The molecule has 2 fully saturated rings.